The molecule has 0 radical (unpaired) electrons. The van der Waals surface area contributed by atoms with Gasteiger partial charge in [0.25, 0.3) is 5.91 Å². The zero-order chi connectivity index (χ0) is 20.1. The third kappa shape index (κ3) is 4.47. The fourth-order valence-electron chi connectivity index (χ4n) is 3.33. The fraction of sp³-hybridized carbons (Fsp3) is 0.429. The summed E-state index contributed by atoms with van der Waals surface area (Å²) < 4.78 is 5.24. The summed E-state index contributed by atoms with van der Waals surface area (Å²) in [6, 6.07) is 6.79. The number of pyridine rings is 1. The van der Waals surface area contributed by atoms with E-state index in [1.165, 1.54) is 0 Å². The van der Waals surface area contributed by atoms with Gasteiger partial charge in [0.05, 0.1) is 11.1 Å². The number of nitrogens with one attached hydrogen (secondary N) is 2. The van der Waals surface area contributed by atoms with Crippen LogP contribution in [0, 0.1) is 0 Å². The second-order valence-corrected chi connectivity index (χ2v) is 7.04. The van der Waals surface area contributed by atoms with Crippen molar-refractivity contribution >= 4 is 28.8 Å². The number of benzene rings is 1. The standard InChI is InChI=1S/C21H25N3O4/c1-3-13(2)22-21(27)24-18(25)12-28-20(26)19-14-8-4-6-10-16(14)23-17-11-7-5-9-15(17)19/h4,6,8,10,13H,3,5,7,9,11-12H2,1-2H3,(H2,22,24,25,27)/t13-/m1/s1. The van der Waals surface area contributed by atoms with E-state index >= 15 is 0 Å². The van der Waals surface area contributed by atoms with Crippen molar-refractivity contribution < 1.29 is 19.1 Å². The number of amides is 3. The smallest absolute Gasteiger partial charge is 0.339 e. The topological polar surface area (TPSA) is 97.4 Å². The number of fused-ring (bicyclic) bond motifs is 2. The van der Waals surface area contributed by atoms with Gasteiger partial charge in [0.2, 0.25) is 0 Å². The van der Waals surface area contributed by atoms with E-state index in [-0.39, 0.29) is 6.04 Å². The number of carbonyl (C=O) groups is 3. The number of aryl methyl sites for hydroxylation is 1. The first-order valence-corrected chi connectivity index (χ1v) is 9.67. The van der Waals surface area contributed by atoms with Gasteiger partial charge in [-0.15, -0.1) is 0 Å². The zero-order valence-corrected chi connectivity index (χ0v) is 16.2. The van der Waals surface area contributed by atoms with E-state index in [0.29, 0.717) is 5.56 Å². The largest absolute Gasteiger partial charge is 0.452 e. The monoisotopic (exact) mass is 383 g/mol. The number of aromatic nitrogens is 1. The zero-order valence-electron chi connectivity index (χ0n) is 16.2. The SMILES string of the molecule is CC[C@@H](C)NC(=O)NC(=O)COC(=O)c1c2c(nc3ccccc13)CCCC2. The molecule has 0 spiro atoms. The molecule has 1 aliphatic rings. The van der Waals surface area contributed by atoms with E-state index in [1.54, 1.807) is 0 Å². The molecule has 1 aliphatic carbocycles. The minimum atomic E-state index is -0.665. The van der Waals surface area contributed by atoms with Crippen molar-refractivity contribution in [2.24, 2.45) is 0 Å². The molecule has 0 saturated heterocycles. The molecule has 3 rings (SSSR count). The Morgan fingerprint density at radius 1 is 1.18 bits per heavy atom. The summed E-state index contributed by atoms with van der Waals surface area (Å²) in [6.07, 6.45) is 4.37. The van der Waals surface area contributed by atoms with Crippen molar-refractivity contribution in [3.63, 3.8) is 0 Å². The molecule has 0 bridgehead atoms. The summed E-state index contributed by atoms with van der Waals surface area (Å²) in [5, 5.41) is 5.52. The number of esters is 1. The molecule has 7 heteroatoms. The van der Waals surface area contributed by atoms with E-state index in [1.807, 2.05) is 38.1 Å². The summed E-state index contributed by atoms with van der Waals surface area (Å²) in [7, 11) is 0. The number of para-hydroxylation sites is 1. The third-order valence-corrected chi connectivity index (χ3v) is 4.95. The number of nitrogens with zero attached hydrogens (tertiary/aromatic N) is 1. The summed E-state index contributed by atoms with van der Waals surface area (Å²) in [5.41, 5.74) is 3.06. The number of hydrogen-bond donors (Lipinski definition) is 2. The molecule has 1 aromatic heterocycles. The first-order valence-electron chi connectivity index (χ1n) is 9.67. The molecule has 1 aromatic carbocycles. The molecule has 0 saturated carbocycles. The summed E-state index contributed by atoms with van der Waals surface area (Å²) in [6.45, 7) is 3.24. The molecule has 0 aliphatic heterocycles. The predicted octanol–water partition coefficient (Wildman–Crippen LogP) is 2.89. The molecule has 0 fully saturated rings. The minimum Gasteiger partial charge on any atom is -0.452 e. The maximum Gasteiger partial charge on any atom is 0.339 e. The molecular formula is C21H25N3O4. The van der Waals surface area contributed by atoms with E-state index in [9.17, 15) is 14.4 Å². The van der Waals surface area contributed by atoms with Crippen molar-refractivity contribution in [1.29, 1.82) is 0 Å². The Morgan fingerprint density at radius 2 is 1.93 bits per heavy atom. The number of imide groups is 1. The molecule has 3 amide bonds. The molecule has 7 nitrogen and oxygen atoms in total. The van der Waals surface area contributed by atoms with Gasteiger partial charge in [-0.2, -0.15) is 0 Å². The van der Waals surface area contributed by atoms with Gasteiger partial charge in [-0.3, -0.25) is 15.1 Å². The molecule has 148 valence electrons. The molecule has 0 unspecified atom stereocenters. The average Bonchev–Trinajstić information content (AvgIpc) is 2.69. The van der Waals surface area contributed by atoms with Gasteiger partial charge in [0.15, 0.2) is 6.61 Å². The first-order chi connectivity index (χ1) is 13.5. The van der Waals surface area contributed by atoms with Gasteiger partial charge >= 0.3 is 12.0 Å². The van der Waals surface area contributed by atoms with Gasteiger partial charge in [-0.1, -0.05) is 25.1 Å². The van der Waals surface area contributed by atoms with Crippen LogP contribution < -0.4 is 10.6 Å². The van der Waals surface area contributed by atoms with Gasteiger partial charge in [-0.25, -0.2) is 9.59 Å². The number of urea groups is 1. The summed E-state index contributed by atoms with van der Waals surface area (Å²) in [5.74, 6) is -1.23. The van der Waals surface area contributed by atoms with Crippen molar-refractivity contribution in [2.45, 2.75) is 52.0 Å². The lowest BCUT2D eigenvalue weighted by Crippen LogP contribution is -2.44. The maximum absolute atomic E-state index is 12.8. The number of hydrogen-bond acceptors (Lipinski definition) is 5. The Labute approximate surface area is 163 Å². The lowest BCUT2D eigenvalue weighted by Gasteiger charge is -2.20. The third-order valence-electron chi connectivity index (χ3n) is 4.95. The Kier molecular flexibility index (Phi) is 6.23. The van der Waals surface area contributed by atoms with Gasteiger partial charge in [0.1, 0.15) is 0 Å². The van der Waals surface area contributed by atoms with Crippen molar-refractivity contribution in [1.82, 2.24) is 15.6 Å². The first kappa shape index (κ1) is 19.8. The minimum absolute atomic E-state index is 0.0509. The van der Waals surface area contributed by atoms with E-state index in [2.05, 4.69) is 15.6 Å². The second-order valence-electron chi connectivity index (χ2n) is 7.04. The number of carbonyl (C=O) groups excluding carboxylic acids is 3. The molecular weight excluding hydrogens is 358 g/mol. The van der Waals surface area contributed by atoms with Crippen LogP contribution in [0.25, 0.3) is 10.9 Å². The van der Waals surface area contributed by atoms with Gasteiger partial charge < -0.3 is 10.1 Å². The van der Waals surface area contributed by atoms with E-state index < -0.39 is 24.5 Å². The Balaban J connectivity index is 1.73. The van der Waals surface area contributed by atoms with Crippen molar-refractivity contribution in [2.75, 3.05) is 6.61 Å². The Morgan fingerprint density at radius 3 is 2.71 bits per heavy atom. The Hall–Kier alpha value is -2.96. The van der Waals surface area contributed by atoms with Crippen LogP contribution in [0.2, 0.25) is 0 Å². The van der Waals surface area contributed by atoms with E-state index in [4.69, 9.17) is 4.74 Å². The Bertz CT molecular complexity index is 910. The second kappa shape index (κ2) is 8.82. The maximum atomic E-state index is 12.8. The molecule has 1 atom stereocenters. The van der Waals surface area contributed by atoms with Gasteiger partial charge in [-0.05, 0) is 50.7 Å². The average molecular weight is 383 g/mol. The highest BCUT2D eigenvalue weighted by Gasteiger charge is 2.24. The highest BCUT2D eigenvalue weighted by molar-refractivity contribution is 6.06. The lowest BCUT2D eigenvalue weighted by atomic mass is 9.90. The molecule has 2 aromatic rings. The fourth-order valence-corrected chi connectivity index (χ4v) is 3.33. The quantitative estimate of drug-likeness (QED) is 0.774. The van der Waals surface area contributed by atoms with Crippen LogP contribution in [0.15, 0.2) is 24.3 Å². The number of ether oxygens (including phenoxy) is 1. The van der Waals surface area contributed by atoms with Crippen LogP contribution in [-0.4, -0.2) is 35.5 Å². The normalized spacial score (nSPS) is 14.1. The summed E-state index contributed by atoms with van der Waals surface area (Å²) >= 11 is 0. The van der Waals surface area contributed by atoms with Crippen molar-refractivity contribution in [3.8, 4) is 0 Å². The van der Waals surface area contributed by atoms with Crippen LogP contribution in [0.1, 0.15) is 54.7 Å². The number of rotatable bonds is 5. The molecule has 2 N–H and O–H groups in total. The van der Waals surface area contributed by atoms with E-state index in [0.717, 1.165) is 54.3 Å². The highest BCUT2D eigenvalue weighted by atomic mass is 16.5. The van der Waals surface area contributed by atoms with Crippen LogP contribution in [0.5, 0.6) is 0 Å². The van der Waals surface area contributed by atoms with Crippen LogP contribution in [0.3, 0.4) is 0 Å². The summed E-state index contributed by atoms with van der Waals surface area (Å²) in [4.78, 5) is 41.2. The lowest BCUT2D eigenvalue weighted by molar-refractivity contribution is -0.123. The van der Waals surface area contributed by atoms with Crippen LogP contribution in [-0.2, 0) is 22.4 Å². The van der Waals surface area contributed by atoms with Crippen LogP contribution >= 0.6 is 0 Å². The van der Waals surface area contributed by atoms with Crippen molar-refractivity contribution in [3.05, 3.63) is 41.1 Å². The highest BCUT2D eigenvalue weighted by Crippen LogP contribution is 2.29. The molecule has 1 heterocycles. The van der Waals surface area contributed by atoms with Gasteiger partial charge in [0, 0.05) is 17.1 Å². The molecule has 28 heavy (non-hydrogen) atoms. The van der Waals surface area contributed by atoms with Crippen LogP contribution in [0.4, 0.5) is 4.79 Å². The predicted molar refractivity (Wildman–Crippen MR) is 105 cm³/mol.